The number of rotatable bonds is 2. The normalized spacial score (nSPS) is 19.0. The van der Waals surface area contributed by atoms with Gasteiger partial charge in [-0.05, 0) is 18.2 Å². The summed E-state index contributed by atoms with van der Waals surface area (Å²) < 4.78 is 55.7. The van der Waals surface area contributed by atoms with Crippen LogP contribution >= 0.6 is 0 Å². The van der Waals surface area contributed by atoms with E-state index in [4.69, 9.17) is 0 Å². The standard InChI is InChI=1S/C13H11F4NO3/c1-21-12(20)7-4-11(19)18(6-7)10-3-2-8(5-9(10)14)13(15,16)17/h2-3,5,7H,4,6H2,1H3. The number of anilines is 1. The Balaban J connectivity index is 2.27. The second-order valence-electron chi connectivity index (χ2n) is 4.59. The number of carbonyl (C=O) groups excluding carboxylic acids is 2. The first-order chi connectivity index (χ1) is 9.74. The molecule has 1 aliphatic rings. The predicted molar refractivity (Wildman–Crippen MR) is 63.9 cm³/mol. The van der Waals surface area contributed by atoms with E-state index < -0.39 is 35.4 Å². The van der Waals surface area contributed by atoms with E-state index in [1.54, 1.807) is 0 Å². The Morgan fingerprint density at radius 2 is 2.05 bits per heavy atom. The van der Waals surface area contributed by atoms with Crippen LogP contribution in [0.5, 0.6) is 0 Å². The molecule has 1 saturated heterocycles. The molecule has 1 atom stereocenters. The fourth-order valence-corrected chi connectivity index (χ4v) is 2.17. The lowest BCUT2D eigenvalue weighted by molar-refractivity contribution is -0.145. The highest BCUT2D eigenvalue weighted by molar-refractivity contribution is 5.99. The van der Waals surface area contributed by atoms with Crippen LogP contribution in [0.1, 0.15) is 12.0 Å². The van der Waals surface area contributed by atoms with Crippen molar-refractivity contribution in [3.05, 3.63) is 29.6 Å². The van der Waals surface area contributed by atoms with Crippen LogP contribution in [0.3, 0.4) is 0 Å². The van der Waals surface area contributed by atoms with Crippen molar-refractivity contribution in [2.75, 3.05) is 18.6 Å². The monoisotopic (exact) mass is 305 g/mol. The lowest BCUT2D eigenvalue weighted by Gasteiger charge is -2.18. The van der Waals surface area contributed by atoms with Crippen LogP contribution in [0, 0.1) is 11.7 Å². The minimum absolute atomic E-state index is 0.117. The summed E-state index contributed by atoms with van der Waals surface area (Å²) in [4.78, 5) is 24.1. The minimum atomic E-state index is -4.66. The zero-order valence-corrected chi connectivity index (χ0v) is 10.9. The molecule has 1 amide bonds. The SMILES string of the molecule is COC(=O)C1CC(=O)N(c2ccc(C(F)(F)F)cc2F)C1. The van der Waals surface area contributed by atoms with E-state index in [1.165, 1.54) is 0 Å². The van der Waals surface area contributed by atoms with Crippen molar-refractivity contribution >= 4 is 17.6 Å². The van der Waals surface area contributed by atoms with E-state index in [0.717, 1.165) is 18.1 Å². The summed E-state index contributed by atoms with van der Waals surface area (Å²) in [6, 6.07) is 1.90. The van der Waals surface area contributed by atoms with Gasteiger partial charge in [0.05, 0.1) is 24.3 Å². The highest BCUT2D eigenvalue weighted by atomic mass is 19.4. The van der Waals surface area contributed by atoms with Crippen molar-refractivity contribution in [1.29, 1.82) is 0 Å². The lowest BCUT2D eigenvalue weighted by atomic mass is 10.1. The topological polar surface area (TPSA) is 46.6 Å². The maximum atomic E-state index is 13.8. The highest BCUT2D eigenvalue weighted by Crippen LogP contribution is 2.34. The number of methoxy groups -OCH3 is 1. The Morgan fingerprint density at radius 1 is 1.38 bits per heavy atom. The average Bonchev–Trinajstić information content (AvgIpc) is 2.78. The molecule has 0 aromatic heterocycles. The molecule has 0 spiro atoms. The van der Waals surface area contributed by atoms with Crippen molar-refractivity contribution in [3.8, 4) is 0 Å². The Hall–Kier alpha value is -2.12. The van der Waals surface area contributed by atoms with Crippen molar-refractivity contribution in [3.63, 3.8) is 0 Å². The van der Waals surface area contributed by atoms with Gasteiger partial charge in [-0.25, -0.2) is 4.39 Å². The third-order valence-corrected chi connectivity index (χ3v) is 3.23. The molecule has 1 fully saturated rings. The summed E-state index contributed by atoms with van der Waals surface area (Å²) in [5.41, 5.74) is -1.42. The van der Waals surface area contributed by atoms with Crippen LogP contribution in [0.15, 0.2) is 18.2 Å². The summed E-state index contributed by atoms with van der Waals surface area (Å²) in [7, 11) is 1.16. The zero-order valence-electron chi connectivity index (χ0n) is 10.9. The number of nitrogens with zero attached hydrogens (tertiary/aromatic N) is 1. The van der Waals surface area contributed by atoms with Gasteiger partial charge in [0.1, 0.15) is 5.82 Å². The molecule has 0 radical (unpaired) electrons. The molecule has 0 N–H and O–H groups in total. The summed E-state index contributed by atoms with van der Waals surface area (Å²) in [6.07, 6.45) is -4.82. The first kappa shape index (κ1) is 15.3. The van der Waals surface area contributed by atoms with Gasteiger partial charge >= 0.3 is 12.1 Å². The molecule has 1 aromatic rings. The van der Waals surface area contributed by atoms with Crippen molar-refractivity contribution in [1.82, 2.24) is 0 Å². The Labute approximate surface area is 117 Å². The molecule has 21 heavy (non-hydrogen) atoms. The molecule has 1 unspecified atom stereocenters. The van der Waals surface area contributed by atoms with Crippen molar-refractivity contribution in [2.45, 2.75) is 12.6 Å². The summed E-state index contributed by atoms with van der Waals surface area (Å²) in [5.74, 6) is -3.06. The predicted octanol–water partition coefficient (Wildman–Crippen LogP) is 2.37. The van der Waals surface area contributed by atoms with E-state index in [0.29, 0.717) is 12.1 Å². The van der Waals surface area contributed by atoms with E-state index >= 15 is 0 Å². The molecule has 2 rings (SSSR count). The molecule has 1 aromatic carbocycles. The number of hydrogen-bond acceptors (Lipinski definition) is 3. The van der Waals surface area contributed by atoms with Gasteiger partial charge in [-0.1, -0.05) is 0 Å². The fraction of sp³-hybridized carbons (Fsp3) is 0.385. The van der Waals surface area contributed by atoms with Gasteiger partial charge in [-0.2, -0.15) is 13.2 Å². The minimum Gasteiger partial charge on any atom is -0.469 e. The maximum Gasteiger partial charge on any atom is 0.416 e. The van der Waals surface area contributed by atoms with Gasteiger partial charge in [0.25, 0.3) is 0 Å². The number of amides is 1. The molecule has 8 heteroatoms. The largest absolute Gasteiger partial charge is 0.469 e. The fourth-order valence-electron chi connectivity index (χ4n) is 2.17. The summed E-state index contributed by atoms with van der Waals surface area (Å²) in [6.45, 7) is -0.117. The number of carbonyl (C=O) groups is 2. The summed E-state index contributed by atoms with van der Waals surface area (Å²) in [5, 5.41) is 0. The first-order valence-corrected chi connectivity index (χ1v) is 5.99. The van der Waals surface area contributed by atoms with Crippen LogP contribution in [0.25, 0.3) is 0 Å². The van der Waals surface area contributed by atoms with Gasteiger partial charge in [0.2, 0.25) is 5.91 Å². The molecule has 4 nitrogen and oxygen atoms in total. The maximum absolute atomic E-state index is 13.8. The van der Waals surface area contributed by atoms with E-state index in [2.05, 4.69) is 4.74 Å². The van der Waals surface area contributed by atoms with Gasteiger partial charge < -0.3 is 9.64 Å². The summed E-state index contributed by atoms with van der Waals surface area (Å²) >= 11 is 0. The number of hydrogen-bond donors (Lipinski definition) is 0. The molecule has 0 bridgehead atoms. The van der Waals surface area contributed by atoms with Gasteiger partial charge in [-0.15, -0.1) is 0 Å². The Morgan fingerprint density at radius 3 is 2.57 bits per heavy atom. The van der Waals surface area contributed by atoms with Crippen LogP contribution in [0.2, 0.25) is 0 Å². The molecule has 1 aliphatic heterocycles. The second-order valence-corrected chi connectivity index (χ2v) is 4.59. The van der Waals surface area contributed by atoms with Crippen LogP contribution in [-0.4, -0.2) is 25.5 Å². The van der Waals surface area contributed by atoms with E-state index in [9.17, 15) is 27.2 Å². The second kappa shape index (κ2) is 5.34. The molecule has 114 valence electrons. The number of alkyl halides is 3. The molecule has 0 saturated carbocycles. The van der Waals surface area contributed by atoms with Crippen molar-refractivity contribution in [2.24, 2.45) is 5.92 Å². The number of ether oxygens (including phenoxy) is 1. The van der Waals surface area contributed by atoms with Crippen LogP contribution in [0.4, 0.5) is 23.2 Å². The van der Waals surface area contributed by atoms with Crippen molar-refractivity contribution < 1.29 is 31.9 Å². The van der Waals surface area contributed by atoms with E-state index in [-0.39, 0.29) is 18.7 Å². The van der Waals surface area contributed by atoms with Crippen LogP contribution < -0.4 is 4.90 Å². The number of halogens is 4. The third kappa shape index (κ3) is 2.98. The number of esters is 1. The third-order valence-electron chi connectivity index (χ3n) is 3.23. The number of benzene rings is 1. The smallest absolute Gasteiger partial charge is 0.416 e. The van der Waals surface area contributed by atoms with Crippen LogP contribution in [-0.2, 0) is 20.5 Å². The Bertz CT molecular complexity index is 585. The van der Waals surface area contributed by atoms with Gasteiger partial charge in [0, 0.05) is 13.0 Å². The molecular weight excluding hydrogens is 294 g/mol. The van der Waals surface area contributed by atoms with Gasteiger partial charge in [0.15, 0.2) is 0 Å². The lowest BCUT2D eigenvalue weighted by Crippen LogP contribution is -2.27. The average molecular weight is 305 g/mol. The molecule has 0 aliphatic carbocycles. The quantitative estimate of drug-likeness (QED) is 0.622. The first-order valence-electron chi connectivity index (χ1n) is 5.99. The molecule has 1 heterocycles. The Kier molecular flexibility index (Phi) is 3.89. The zero-order chi connectivity index (χ0) is 15.8. The molecular formula is C13H11F4NO3. The highest BCUT2D eigenvalue weighted by Gasteiger charge is 2.38. The van der Waals surface area contributed by atoms with E-state index in [1.807, 2.05) is 0 Å². The van der Waals surface area contributed by atoms with Gasteiger partial charge in [-0.3, -0.25) is 9.59 Å².